The van der Waals surface area contributed by atoms with Crippen LogP contribution < -0.4 is 5.32 Å². The van der Waals surface area contributed by atoms with Crippen LogP contribution in [0.1, 0.15) is 68.5 Å². The number of rotatable bonds is 5. The third kappa shape index (κ3) is 4.35. The Bertz CT molecular complexity index is 1060. The number of thiophene rings is 1. The van der Waals surface area contributed by atoms with Crippen LogP contribution in [0.3, 0.4) is 0 Å². The van der Waals surface area contributed by atoms with Crippen molar-refractivity contribution in [3.05, 3.63) is 58.9 Å². The van der Waals surface area contributed by atoms with E-state index in [2.05, 4.69) is 46.5 Å². The van der Waals surface area contributed by atoms with Crippen molar-refractivity contribution < 1.29 is 14.6 Å². The molecular weight excluding hydrogens is 419 g/mol. The van der Waals surface area contributed by atoms with E-state index in [1.165, 1.54) is 24.7 Å². The molecule has 0 saturated heterocycles. The Kier molecular flexibility index (Phi) is 5.29. The summed E-state index contributed by atoms with van der Waals surface area (Å²) < 4.78 is 38.4. The number of nitrogens with zero attached hydrogens (tertiary/aromatic N) is 2. The standard InChI is InChI=1S/C24H26F3N3S.H2/c1-15(16-5-3-2-4-6-16)30-18-7-8-23(12-18)10-17(11-23)21-20-9-19(13-24(25,26)27)31-22(20)29-14-28-21;/h2-6,9,14-15,17-18,30H,7-8,10-13H2,1H3;1H. The fraction of sp³-hybridized carbons (Fsp3) is 0.500. The van der Waals surface area contributed by atoms with Gasteiger partial charge < -0.3 is 5.32 Å². The minimum absolute atomic E-state index is 0. The van der Waals surface area contributed by atoms with Crippen LogP contribution in [0.5, 0.6) is 0 Å². The Morgan fingerprint density at radius 3 is 2.71 bits per heavy atom. The number of aromatic nitrogens is 2. The molecule has 2 heterocycles. The van der Waals surface area contributed by atoms with Crippen LogP contribution >= 0.6 is 11.3 Å². The fourth-order valence-corrected chi connectivity index (χ4v) is 6.66. The monoisotopic (exact) mass is 447 g/mol. The number of benzene rings is 1. The lowest BCUT2D eigenvalue weighted by atomic mass is 9.59. The number of alkyl halides is 3. The maximum Gasteiger partial charge on any atom is 0.393 e. The molecule has 3 aromatic rings. The van der Waals surface area contributed by atoms with E-state index in [4.69, 9.17) is 0 Å². The van der Waals surface area contributed by atoms with E-state index < -0.39 is 12.6 Å². The third-order valence-electron chi connectivity index (χ3n) is 7.02. The number of nitrogens with one attached hydrogen (secondary N) is 1. The lowest BCUT2D eigenvalue weighted by Gasteiger charge is -2.45. The van der Waals surface area contributed by atoms with Gasteiger partial charge >= 0.3 is 6.18 Å². The second-order valence-corrected chi connectivity index (χ2v) is 10.4. The van der Waals surface area contributed by atoms with E-state index in [9.17, 15) is 13.2 Å². The molecule has 1 aromatic carbocycles. The molecule has 0 radical (unpaired) electrons. The summed E-state index contributed by atoms with van der Waals surface area (Å²) in [6.45, 7) is 2.22. The molecule has 0 aliphatic heterocycles. The smallest absolute Gasteiger partial charge is 0.307 e. The maximum atomic E-state index is 12.8. The highest BCUT2D eigenvalue weighted by atomic mass is 32.1. The van der Waals surface area contributed by atoms with Crippen LogP contribution in [-0.4, -0.2) is 22.2 Å². The summed E-state index contributed by atoms with van der Waals surface area (Å²) in [5.74, 6) is 0.323. The van der Waals surface area contributed by atoms with E-state index in [0.717, 1.165) is 41.7 Å². The lowest BCUT2D eigenvalue weighted by Crippen LogP contribution is -2.37. The predicted octanol–water partition coefficient (Wildman–Crippen LogP) is 6.81. The molecule has 3 nitrogen and oxygen atoms in total. The van der Waals surface area contributed by atoms with Gasteiger partial charge in [0, 0.05) is 29.7 Å². The van der Waals surface area contributed by atoms with Crippen LogP contribution in [-0.2, 0) is 6.42 Å². The Morgan fingerprint density at radius 1 is 1.19 bits per heavy atom. The number of hydrogen-bond donors (Lipinski definition) is 1. The summed E-state index contributed by atoms with van der Waals surface area (Å²) in [4.78, 5) is 9.72. The molecule has 0 bridgehead atoms. The van der Waals surface area contributed by atoms with Gasteiger partial charge in [0.15, 0.2) is 0 Å². The molecule has 7 heteroatoms. The molecule has 2 aromatic heterocycles. The second-order valence-electron chi connectivity index (χ2n) is 9.33. The molecule has 2 aliphatic rings. The normalized spacial score (nSPS) is 27.0. The van der Waals surface area contributed by atoms with Gasteiger partial charge in [-0.05, 0) is 56.1 Å². The summed E-state index contributed by atoms with van der Waals surface area (Å²) in [5.41, 5.74) is 2.60. The first kappa shape index (κ1) is 20.9. The topological polar surface area (TPSA) is 37.8 Å². The Hall–Kier alpha value is -1.99. The van der Waals surface area contributed by atoms with Gasteiger partial charge in [0.2, 0.25) is 0 Å². The van der Waals surface area contributed by atoms with Crippen LogP contribution in [0.4, 0.5) is 13.2 Å². The molecule has 2 aliphatic carbocycles. The van der Waals surface area contributed by atoms with Crippen molar-refractivity contribution in [3.8, 4) is 0 Å². The molecule has 166 valence electrons. The predicted molar refractivity (Wildman–Crippen MR) is 119 cm³/mol. The maximum absolute atomic E-state index is 12.8. The van der Waals surface area contributed by atoms with Crippen molar-refractivity contribution in [3.63, 3.8) is 0 Å². The zero-order valence-electron chi connectivity index (χ0n) is 17.5. The number of halogens is 3. The zero-order chi connectivity index (χ0) is 21.6. The summed E-state index contributed by atoms with van der Waals surface area (Å²) >= 11 is 1.14. The van der Waals surface area contributed by atoms with Crippen LogP contribution in [0, 0.1) is 5.41 Å². The molecule has 2 unspecified atom stereocenters. The van der Waals surface area contributed by atoms with Gasteiger partial charge in [-0.2, -0.15) is 13.2 Å². The van der Waals surface area contributed by atoms with E-state index in [1.807, 2.05) is 6.07 Å². The molecule has 1 spiro atoms. The highest BCUT2D eigenvalue weighted by molar-refractivity contribution is 7.18. The lowest BCUT2D eigenvalue weighted by molar-refractivity contribution is -0.126. The molecule has 2 fully saturated rings. The van der Waals surface area contributed by atoms with Crippen LogP contribution in [0.2, 0.25) is 0 Å². The van der Waals surface area contributed by atoms with Gasteiger partial charge in [-0.1, -0.05) is 30.3 Å². The quantitative estimate of drug-likeness (QED) is 0.467. The van der Waals surface area contributed by atoms with Gasteiger partial charge in [0.1, 0.15) is 11.2 Å². The van der Waals surface area contributed by atoms with E-state index >= 15 is 0 Å². The molecule has 31 heavy (non-hydrogen) atoms. The number of fused-ring (bicyclic) bond motifs is 1. The minimum Gasteiger partial charge on any atom is -0.307 e. The minimum atomic E-state index is -4.20. The van der Waals surface area contributed by atoms with Crippen molar-refractivity contribution in [1.82, 2.24) is 15.3 Å². The van der Waals surface area contributed by atoms with Gasteiger partial charge in [-0.25, -0.2) is 9.97 Å². The van der Waals surface area contributed by atoms with Gasteiger partial charge in [-0.3, -0.25) is 0 Å². The first-order valence-corrected chi connectivity index (χ1v) is 11.7. The first-order valence-electron chi connectivity index (χ1n) is 10.9. The van der Waals surface area contributed by atoms with Crippen molar-refractivity contribution in [1.29, 1.82) is 0 Å². The van der Waals surface area contributed by atoms with Crippen molar-refractivity contribution in [2.75, 3.05) is 0 Å². The third-order valence-corrected chi connectivity index (χ3v) is 8.06. The van der Waals surface area contributed by atoms with Crippen molar-refractivity contribution in [2.45, 2.75) is 69.6 Å². The summed E-state index contributed by atoms with van der Waals surface area (Å²) in [5, 5.41) is 4.61. The Balaban J connectivity index is 0.00000245. The van der Waals surface area contributed by atoms with E-state index in [-0.39, 0.29) is 1.43 Å². The largest absolute Gasteiger partial charge is 0.393 e. The van der Waals surface area contributed by atoms with Crippen LogP contribution in [0.25, 0.3) is 10.2 Å². The zero-order valence-corrected chi connectivity index (χ0v) is 18.3. The average molecular weight is 448 g/mol. The molecule has 2 atom stereocenters. The molecule has 5 rings (SSSR count). The highest BCUT2D eigenvalue weighted by Crippen LogP contribution is 2.60. The van der Waals surface area contributed by atoms with Gasteiger partial charge in [0.05, 0.1) is 12.1 Å². The molecule has 0 amide bonds. The Labute approximate surface area is 185 Å². The summed E-state index contributed by atoms with van der Waals surface area (Å²) in [6, 6.07) is 13.0. The molecular formula is C24H28F3N3S. The van der Waals surface area contributed by atoms with Gasteiger partial charge in [-0.15, -0.1) is 11.3 Å². The highest BCUT2D eigenvalue weighted by Gasteiger charge is 2.50. The first-order chi connectivity index (χ1) is 14.8. The second kappa shape index (κ2) is 7.85. The SMILES string of the molecule is CC(NC1CCC2(C1)CC(c1ncnc3sc(CC(F)(F)F)cc13)C2)c1ccccc1.[HH]. The van der Waals surface area contributed by atoms with Crippen molar-refractivity contribution in [2.24, 2.45) is 5.41 Å². The summed E-state index contributed by atoms with van der Waals surface area (Å²) in [6.07, 6.45) is 2.11. The number of hydrogen-bond acceptors (Lipinski definition) is 4. The van der Waals surface area contributed by atoms with Gasteiger partial charge in [0.25, 0.3) is 0 Å². The van der Waals surface area contributed by atoms with E-state index in [0.29, 0.717) is 33.1 Å². The summed E-state index contributed by atoms with van der Waals surface area (Å²) in [7, 11) is 0. The van der Waals surface area contributed by atoms with Crippen LogP contribution in [0.15, 0.2) is 42.7 Å². The molecule has 1 N–H and O–H groups in total. The average Bonchev–Trinajstić information content (AvgIpc) is 3.29. The fourth-order valence-electron chi connectivity index (χ4n) is 5.62. The van der Waals surface area contributed by atoms with Crippen molar-refractivity contribution >= 4 is 21.6 Å². The Morgan fingerprint density at radius 2 is 1.97 bits per heavy atom. The van der Waals surface area contributed by atoms with E-state index in [1.54, 1.807) is 6.07 Å². The molecule has 2 saturated carbocycles.